The number of benzene rings is 1. The van der Waals surface area contributed by atoms with Gasteiger partial charge in [-0.05, 0) is 49.5 Å². The predicted octanol–water partition coefficient (Wildman–Crippen LogP) is 3.84. The van der Waals surface area contributed by atoms with E-state index in [1.807, 2.05) is 18.2 Å². The van der Waals surface area contributed by atoms with E-state index in [0.717, 1.165) is 18.8 Å². The van der Waals surface area contributed by atoms with Gasteiger partial charge in [-0.3, -0.25) is 14.5 Å². The molecule has 2 N–H and O–H groups in total. The van der Waals surface area contributed by atoms with Gasteiger partial charge < -0.3 is 19.5 Å². The second-order valence-electron chi connectivity index (χ2n) is 6.86. The Kier molecular flexibility index (Phi) is 7.84. The molecule has 162 valence electrons. The number of carbonyl (C=O) groups is 2. The van der Waals surface area contributed by atoms with Crippen molar-refractivity contribution in [3.8, 4) is 0 Å². The van der Waals surface area contributed by atoms with Crippen molar-refractivity contribution in [3.63, 3.8) is 0 Å². The molecule has 0 aliphatic carbocycles. The number of likely N-dealkylation sites (N-methyl/N-ethyl adjacent to an activating group) is 1. The molecule has 1 aromatic carbocycles. The summed E-state index contributed by atoms with van der Waals surface area (Å²) >= 11 is 0. The molecule has 0 aliphatic heterocycles. The van der Waals surface area contributed by atoms with Gasteiger partial charge in [-0.25, -0.2) is 0 Å². The molecule has 0 saturated carbocycles. The highest BCUT2D eigenvalue weighted by Gasteiger charge is 2.23. The molecular formula is C24H27N3O4. The first-order chi connectivity index (χ1) is 15.1. The Morgan fingerprint density at radius 2 is 1.68 bits per heavy atom. The largest absolute Gasteiger partial charge is 0.468 e. The summed E-state index contributed by atoms with van der Waals surface area (Å²) in [5.41, 5.74) is 0.554. The number of hydrogen-bond donors (Lipinski definition) is 2. The Morgan fingerprint density at radius 3 is 2.29 bits per heavy atom. The molecule has 0 spiro atoms. The lowest BCUT2D eigenvalue weighted by Gasteiger charge is -2.28. The Labute approximate surface area is 181 Å². The quantitative estimate of drug-likeness (QED) is 0.486. The van der Waals surface area contributed by atoms with Crippen LogP contribution in [0.25, 0.3) is 6.08 Å². The summed E-state index contributed by atoms with van der Waals surface area (Å²) in [5, 5.41) is 5.62. The average Bonchev–Trinajstić information content (AvgIpc) is 3.51. The Bertz CT molecular complexity index is 975. The molecule has 0 aliphatic rings. The fraction of sp³-hybridized carbons (Fsp3) is 0.250. The van der Waals surface area contributed by atoms with E-state index in [-0.39, 0.29) is 17.6 Å². The van der Waals surface area contributed by atoms with Gasteiger partial charge in [-0.1, -0.05) is 32.0 Å². The van der Waals surface area contributed by atoms with Crippen LogP contribution in [0.15, 0.2) is 81.7 Å². The molecule has 3 aromatic rings. The van der Waals surface area contributed by atoms with Crippen LogP contribution in [0.4, 0.5) is 0 Å². The van der Waals surface area contributed by atoms with Gasteiger partial charge in [0.25, 0.3) is 11.8 Å². The standard InChI is InChI=1S/C24H27N3O4/c1-3-27(4-2)21(22-13-9-15-31-22)17-25-24(29)20(16-19-12-8-14-30-19)26-23(28)18-10-6-5-7-11-18/h5-16,21H,3-4,17H2,1-2H3,(H,25,29)(H,26,28). The number of nitrogens with zero attached hydrogens (tertiary/aromatic N) is 1. The molecule has 1 unspecified atom stereocenters. The summed E-state index contributed by atoms with van der Waals surface area (Å²) in [5.74, 6) is 0.447. The van der Waals surface area contributed by atoms with Crippen molar-refractivity contribution >= 4 is 17.9 Å². The van der Waals surface area contributed by atoms with Gasteiger partial charge in [0.15, 0.2) is 0 Å². The second-order valence-corrected chi connectivity index (χ2v) is 6.86. The Morgan fingerprint density at radius 1 is 0.968 bits per heavy atom. The van der Waals surface area contributed by atoms with Crippen LogP contribution >= 0.6 is 0 Å². The molecule has 3 rings (SSSR count). The highest BCUT2D eigenvalue weighted by molar-refractivity contribution is 6.05. The van der Waals surface area contributed by atoms with Crippen molar-refractivity contribution in [2.24, 2.45) is 0 Å². The minimum atomic E-state index is -0.413. The zero-order valence-electron chi connectivity index (χ0n) is 17.7. The third-order valence-electron chi connectivity index (χ3n) is 4.94. The molecule has 2 heterocycles. The van der Waals surface area contributed by atoms with Gasteiger partial charge in [-0.15, -0.1) is 0 Å². The molecule has 1 atom stereocenters. The van der Waals surface area contributed by atoms with E-state index in [9.17, 15) is 9.59 Å². The fourth-order valence-electron chi connectivity index (χ4n) is 3.30. The summed E-state index contributed by atoms with van der Waals surface area (Å²) in [6.45, 7) is 6.05. The molecule has 0 saturated heterocycles. The van der Waals surface area contributed by atoms with Crippen molar-refractivity contribution in [1.29, 1.82) is 0 Å². The van der Waals surface area contributed by atoms with Crippen molar-refractivity contribution in [2.75, 3.05) is 19.6 Å². The molecule has 0 bridgehead atoms. The van der Waals surface area contributed by atoms with Gasteiger partial charge in [-0.2, -0.15) is 0 Å². The maximum atomic E-state index is 13.0. The summed E-state index contributed by atoms with van der Waals surface area (Å²) in [4.78, 5) is 27.8. The third-order valence-corrected chi connectivity index (χ3v) is 4.94. The Balaban J connectivity index is 1.77. The zero-order valence-corrected chi connectivity index (χ0v) is 17.7. The van der Waals surface area contributed by atoms with Gasteiger partial charge in [0, 0.05) is 18.2 Å². The minimum absolute atomic E-state index is 0.0987. The van der Waals surface area contributed by atoms with Crippen LogP contribution in [0.1, 0.15) is 41.8 Å². The van der Waals surface area contributed by atoms with Crippen LogP contribution in [0.3, 0.4) is 0 Å². The molecule has 2 amide bonds. The SMILES string of the molecule is CCN(CC)C(CNC(=O)C(=Cc1ccco1)NC(=O)c1ccccc1)c1ccco1. The lowest BCUT2D eigenvalue weighted by Crippen LogP contribution is -2.41. The fourth-order valence-corrected chi connectivity index (χ4v) is 3.30. The van der Waals surface area contributed by atoms with E-state index >= 15 is 0 Å². The number of rotatable bonds is 10. The molecule has 7 heteroatoms. The maximum absolute atomic E-state index is 13.0. The number of carbonyl (C=O) groups excluding carboxylic acids is 2. The predicted molar refractivity (Wildman–Crippen MR) is 118 cm³/mol. The molecule has 0 radical (unpaired) electrons. The second kappa shape index (κ2) is 11.0. The van der Waals surface area contributed by atoms with Crippen LogP contribution < -0.4 is 10.6 Å². The van der Waals surface area contributed by atoms with E-state index in [4.69, 9.17) is 8.83 Å². The van der Waals surface area contributed by atoms with Gasteiger partial charge in [0.05, 0.1) is 18.6 Å². The number of amides is 2. The van der Waals surface area contributed by atoms with Crippen molar-refractivity contribution in [3.05, 3.63) is 89.9 Å². The van der Waals surface area contributed by atoms with Gasteiger partial charge in [0.2, 0.25) is 0 Å². The van der Waals surface area contributed by atoms with E-state index in [1.54, 1.807) is 42.7 Å². The zero-order chi connectivity index (χ0) is 22.1. The van der Waals surface area contributed by atoms with Crippen LogP contribution in [0.2, 0.25) is 0 Å². The van der Waals surface area contributed by atoms with E-state index in [1.165, 1.54) is 12.3 Å². The summed E-state index contributed by atoms with van der Waals surface area (Å²) < 4.78 is 10.9. The first-order valence-corrected chi connectivity index (χ1v) is 10.3. The first-order valence-electron chi connectivity index (χ1n) is 10.3. The highest BCUT2D eigenvalue weighted by Crippen LogP contribution is 2.20. The number of furan rings is 2. The first kappa shape index (κ1) is 22.1. The van der Waals surface area contributed by atoms with E-state index in [2.05, 4.69) is 29.4 Å². The average molecular weight is 421 g/mol. The van der Waals surface area contributed by atoms with Crippen LogP contribution in [0.5, 0.6) is 0 Å². The lowest BCUT2D eigenvalue weighted by atomic mass is 10.1. The monoisotopic (exact) mass is 421 g/mol. The molecule has 31 heavy (non-hydrogen) atoms. The number of hydrogen-bond acceptors (Lipinski definition) is 5. The van der Waals surface area contributed by atoms with Crippen molar-refractivity contribution in [2.45, 2.75) is 19.9 Å². The summed E-state index contributed by atoms with van der Waals surface area (Å²) in [7, 11) is 0. The topological polar surface area (TPSA) is 87.7 Å². The maximum Gasteiger partial charge on any atom is 0.268 e. The highest BCUT2D eigenvalue weighted by atomic mass is 16.3. The molecule has 7 nitrogen and oxygen atoms in total. The van der Waals surface area contributed by atoms with Crippen molar-refractivity contribution < 1.29 is 18.4 Å². The normalized spacial score (nSPS) is 12.5. The van der Waals surface area contributed by atoms with Crippen LogP contribution in [-0.2, 0) is 4.79 Å². The van der Waals surface area contributed by atoms with Crippen molar-refractivity contribution in [1.82, 2.24) is 15.5 Å². The summed E-state index contributed by atoms with van der Waals surface area (Å²) in [6.07, 6.45) is 4.64. The molecule has 2 aromatic heterocycles. The summed E-state index contributed by atoms with van der Waals surface area (Å²) in [6, 6.07) is 15.8. The van der Waals surface area contributed by atoms with Crippen LogP contribution in [0, 0.1) is 0 Å². The third kappa shape index (κ3) is 5.96. The minimum Gasteiger partial charge on any atom is -0.468 e. The van der Waals surface area contributed by atoms with E-state index < -0.39 is 5.91 Å². The van der Waals surface area contributed by atoms with Gasteiger partial charge >= 0.3 is 0 Å². The Hall–Kier alpha value is -3.58. The number of nitrogens with one attached hydrogen (secondary N) is 2. The van der Waals surface area contributed by atoms with Crippen LogP contribution in [-0.4, -0.2) is 36.3 Å². The van der Waals surface area contributed by atoms with Gasteiger partial charge in [0.1, 0.15) is 17.2 Å². The lowest BCUT2D eigenvalue weighted by molar-refractivity contribution is -0.118. The molecule has 0 fully saturated rings. The van der Waals surface area contributed by atoms with E-state index in [0.29, 0.717) is 17.9 Å². The smallest absolute Gasteiger partial charge is 0.268 e. The molecular weight excluding hydrogens is 394 g/mol.